The Bertz CT molecular complexity index is 874. The van der Waals surface area contributed by atoms with Crippen molar-refractivity contribution in [1.82, 2.24) is 5.32 Å². The maximum Gasteiger partial charge on any atom is 0.225 e. The van der Waals surface area contributed by atoms with Gasteiger partial charge in [0.25, 0.3) is 0 Å². The maximum absolute atomic E-state index is 12.6. The first-order valence-electron chi connectivity index (χ1n) is 8.52. The Kier molecular flexibility index (Phi) is 6.21. The van der Waals surface area contributed by atoms with Crippen LogP contribution in [-0.4, -0.2) is 26.6 Å². The Morgan fingerprint density at radius 3 is 2.19 bits per heavy atom. The van der Waals surface area contributed by atoms with Crippen LogP contribution in [-0.2, 0) is 14.6 Å². The van der Waals surface area contributed by atoms with Crippen LogP contribution >= 0.6 is 0 Å². The van der Waals surface area contributed by atoms with Crippen LogP contribution in [0.5, 0.6) is 0 Å². The quantitative estimate of drug-likeness (QED) is 0.813. The lowest BCUT2D eigenvalue weighted by atomic mass is 9.96. The highest BCUT2D eigenvalue weighted by atomic mass is 32.2. The monoisotopic (exact) mass is 374 g/mol. The first-order valence-corrected chi connectivity index (χ1v) is 10.4. The number of hydrogen-bond donors (Lipinski definition) is 2. The van der Waals surface area contributed by atoms with Gasteiger partial charge in [0.2, 0.25) is 5.91 Å². The van der Waals surface area contributed by atoms with Crippen molar-refractivity contribution in [3.05, 3.63) is 65.2 Å². The van der Waals surface area contributed by atoms with Gasteiger partial charge in [-0.2, -0.15) is 0 Å². The molecule has 26 heavy (non-hydrogen) atoms. The first-order chi connectivity index (χ1) is 12.1. The number of hydrogen-bond acceptors (Lipinski definition) is 4. The Morgan fingerprint density at radius 1 is 1.04 bits per heavy atom. The Hall–Kier alpha value is -2.18. The minimum Gasteiger partial charge on any atom is -0.345 e. The topological polar surface area (TPSA) is 89.3 Å². The van der Waals surface area contributed by atoms with E-state index in [9.17, 15) is 13.2 Å². The summed E-state index contributed by atoms with van der Waals surface area (Å²) in [6, 6.07) is 13.7. The lowest BCUT2D eigenvalue weighted by Crippen LogP contribution is -2.40. The molecule has 0 saturated carbocycles. The van der Waals surface area contributed by atoms with E-state index >= 15 is 0 Å². The number of rotatable bonds is 6. The minimum atomic E-state index is -3.34. The molecule has 0 aliphatic carbocycles. The fourth-order valence-electron chi connectivity index (χ4n) is 2.56. The van der Waals surface area contributed by atoms with Gasteiger partial charge in [0.05, 0.1) is 10.9 Å². The number of sulfone groups is 1. The van der Waals surface area contributed by atoms with E-state index in [2.05, 4.69) is 5.32 Å². The van der Waals surface area contributed by atoms with Gasteiger partial charge in [0, 0.05) is 18.2 Å². The van der Waals surface area contributed by atoms with Crippen LogP contribution < -0.4 is 11.1 Å². The van der Waals surface area contributed by atoms with E-state index in [0.29, 0.717) is 5.56 Å². The second-order valence-electron chi connectivity index (χ2n) is 6.84. The van der Waals surface area contributed by atoms with E-state index in [4.69, 9.17) is 5.73 Å². The fourth-order valence-corrected chi connectivity index (χ4v) is 3.23. The molecule has 0 saturated heterocycles. The van der Waals surface area contributed by atoms with Gasteiger partial charge in [-0.15, -0.1) is 0 Å². The fraction of sp³-hybridized carbons (Fsp3) is 0.350. The van der Waals surface area contributed by atoms with Crippen LogP contribution in [0.15, 0.2) is 53.4 Å². The Morgan fingerprint density at radius 2 is 1.65 bits per heavy atom. The van der Waals surface area contributed by atoms with Gasteiger partial charge < -0.3 is 11.1 Å². The molecule has 0 bridgehead atoms. The van der Waals surface area contributed by atoms with Crippen molar-refractivity contribution in [2.24, 2.45) is 11.7 Å². The molecule has 1 amide bonds. The molecule has 0 aromatic heterocycles. The first kappa shape index (κ1) is 20.1. The number of nitrogens with two attached hydrogens (primary N) is 1. The molecule has 0 heterocycles. The summed E-state index contributed by atoms with van der Waals surface area (Å²) < 4.78 is 23.8. The van der Waals surface area contributed by atoms with E-state index in [-0.39, 0.29) is 22.8 Å². The van der Waals surface area contributed by atoms with Gasteiger partial charge >= 0.3 is 0 Å². The van der Waals surface area contributed by atoms with Crippen molar-refractivity contribution < 1.29 is 13.2 Å². The molecule has 2 rings (SSSR count). The lowest BCUT2D eigenvalue weighted by molar-refractivity contribution is -0.125. The molecule has 3 unspecified atom stereocenters. The summed E-state index contributed by atoms with van der Waals surface area (Å²) in [4.78, 5) is 12.8. The third-order valence-corrected chi connectivity index (χ3v) is 5.63. The van der Waals surface area contributed by atoms with Crippen LogP contribution in [0.4, 0.5) is 0 Å². The minimum absolute atomic E-state index is 0.171. The number of amides is 1. The molecule has 0 radical (unpaired) electrons. The van der Waals surface area contributed by atoms with Crippen LogP contribution in [0.1, 0.15) is 36.6 Å². The number of nitrogens with one attached hydrogen (secondary N) is 1. The maximum atomic E-state index is 12.6. The zero-order chi connectivity index (χ0) is 19.5. The van der Waals surface area contributed by atoms with Gasteiger partial charge in [0.15, 0.2) is 9.84 Å². The summed E-state index contributed by atoms with van der Waals surface area (Å²) >= 11 is 0. The smallest absolute Gasteiger partial charge is 0.225 e. The molecule has 140 valence electrons. The lowest BCUT2D eigenvalue weighted by Gasteiger charge is -2.24. The second-order valence-corrected chi connectivity index (χ2v) is 8.86. The van der Waals surface area contributed by atoms with Gasteiger partial charge in [-0.3, -0.25) is 4.79 Å². The van der Waals surface area contributed by atoms with Crippen LogP contribution in [0.2, 0.25) is 0 Å². The SMILES string of the molecule is Cc1ccc(C(NC(=O)C(C)C(C)N)c2cccc(S(C)(=O)=O)c2)cc1. The molecule has 3 atom stereocenters. The number of benzene rings is 2. The molecule has 5 nitrogen and oxygen atoms in total. The van der Waals surface area contributed by atoms with Crippen molar-refractivity contribution in [1.29, 1.82) is 0 Å². The largest absolute Gasteiger partial charge is 0.345 e. The van der Waals surface area contributed by atoms with Gasteiger partial charge in [-0.25, -0.2) is 8.42 Å². The Balaban J connectivity index is 2.47. The summed E-state index contributed by atoms with van der Waals surface area (Å²) in [5.74, 6) is -0.531. The highest BCUT2D eigenvalue weighted by Gasteiger charge is 2.23. The van der Waals surface area contributed by atoms with E-state index in [1.165, 1.54) is 6.26 Å². The number of carbonyl (C=O) groups is 1. The molecule has 3 N–H and O–H groups in total. The third-order valence-electron chi connectivity index (χ3n) is 4.52. The van der Waals surface area contributed by atoms with Gasteiger partial charge in [0.1, 0.15) is 0 Å². The molecular weight excluding hydrogens is 348 g/mol. The molecule has 2 aromatic carbocycles. The molecular formula is C20H26N2O3S. The standard InChI is InChI=1S/C20H26N2O3S/c1-13-8-10-16(11-9-13)19(22-20(23)14(2)15(3)21)17-6-5-7-18(12-17)26(4,24)25/h5-12,14-15,19H,21H2,1-4H3,(H,22,23). The normalized spacial score (nSPS) is 15.1. The van der Waals surface area contributed by atoms with Crippen molar-refractivity contribution in [3.8, 4) is 0 Å². The van der Waals surface area contributed by atoms with Crippen molar-refractivity contribution in [2.75, 3.05) is 6.26 Å². The summed E-state index contributed by atoms with van der Waals surface area (Å²) in [5.41, 5.74) is 8.55. The molecule has 6 heteroatoms. The third kappa shape index (κ3) is 4.93. The number of aryl methyl sites for hydroxylation is 1. The zero-order valence-electron chi connectivity index (χ0n) is 15.6. The van der Waals surface area contributed by atoms with Crippen molar-refractivity contribution >= 4 is 15.7 Å². The number of carbonyl (C=O) groups excluding carboxylic acids is 1. The summed E-state index contributed by atoms with van der Waals surface area (Å²) in [7, 11) is -3.34. The average Bonchev–Trinajstić information content (AvgIpc) is 2.59. The van der Waals surface area contributed by atoms with E-state index in [0.717, 1.165) is 11.1 Å². The summed E-state index contributed by atoms with van der Waals surface area (Å²) in [5, 5.41) is 3.02. The van der Waals surface area contributed by atoms with E-state index < -0.39 is 15.9 Å². The molecule has 2 aromatic rings. The zero-order valence-corrected chi connectivity index (χ0v) is 16.4. The predicted octanol–water partition coefficient (Wildman–Crippen LogP) is 2.59. The van der Waals surface area contributed by atoms with Crippen LogP contribution in [0, 0.1) is 12.8 Å². The highest BCUT2D eigenvalue weighted by molar-refractivity contribution is 7.90. The second kappa shape index (κ2) is 8.01. The van der Waals surface area contributed by atoms with Crippen molar-refractivity contribution in [2.45, 2.75) is 37.8 Å². The Labute approximate surface area is 155 Å². The van der Waals surface area contributed by atoms with E-state index in [1.807, 2.05) is 37.3 Å². The van der Waals surface area contributed by atoms with Crippen LogP contribution in [0.3, 0.4) is 0 Å². The predicted molar refractivity (Wildman–Crippen MR) is 104 cm³/mol. The van der Waals surface area contributed by atoms with Gasteiger partial charge in [-0.1, -0.05) is 48.9 Å². The van der Waals surface area contributed by atoms with E-state index in [1.54, 1.807) is 32.0 Å². The van der Waals surface area contributed by atoms with Crippen LogP contribution in [0.25, 0.3) is 0 Å². The summed E-state index contributed by atoms with van der Waals surface area (Å²) in [6.45, 7) is 5.55. The average molecular weight is 375 g/mol. The van der Waals surface area contributed by atoms with Crippen molar-refractivity contribution in [3.63, 3.8) is 0 Å². The molecule has 0 aliphatic heterocycles. The molecule has 0 spiro atoms. The summed E-state index contributed by atoms with van der Waals surface area (Å²) in [6.07, 6.45) is 1.17. The molecule has 0 fully saturated rings. The highest BCUT2D eigenvalue weighted by Crippen LogP contribution is 2.25. The molecule has 0 aliphatic rings. The van der Waals surface area contributed by atoms with Gasteiger partial charge in [-0.05, 0) is 37.1 Å².